The van der Waals surface area contributed by atoms with E-state index in [1.54, 1.807) is 4.90 Å². The van der Waals surface area contributed by atoms with Crippen LogP contribution < -0.4 is 5.32 Å². The zero-order chi connectivity index (χ0) is 12.8. The van der Waals surface area contributed by atoms with Crippen LogP contribution in [0.2, 0.25) is 0 Å². The Morgan fingerprint density at radius 2 is 2.00 bits per heavy atom. The van der Waals surface area contributed by atoms with Crippen LogP contribution in [0.5, 0.6) is 0 Å². The molecule has 0 radical (unpaired) electrons. The Labute approximate surface area is 98.6 Å². The zero-order valence-electron chi connectivity index (χ0n) is 11.0. The zero-order valence-corrected chi connectivity index (χ0v) is 11.0. The lowest BCUT2D eigenvalue weighted by atomic mass is 10.1. The molecule has 0 aromatic carbocycles. The van der Waals surface area contributed by atoms with E-state index in [0.29, 0.717) is 19.5 Å². The van der Waals surface area contributed by atoms with E-state index in [4.69, 9.17) is 5.26 Å². The van der Waals surface area contributed by atoms with E-state index in [0.717, 1.165) is 0 Å². The molecule has 16 heavy (non-hydrogen) atoms. The predicted molar refractivity (Wildman–Crippen MR) is 64.8 cm³/mol. The Morgan fingerprint density at radius 1 is 1.44 bits per heavy atom. The summed E-state index contributed by atoms with van der Waals surface area (Å²) < 4.78 is 0. The standard InChI is InChI=1S/C12H23N3O/c1-10(2)15(8-6-7-13)11(16)9-14-12(3,4)5/h10,14H,6,8-9H2,1-5H3. The number of hydrogen-bond acceptors (Lipinski definition) is 3. The molecule has 92 valence electrons. The molecule has 0 aliphatic rings. The van der Waals surface area contributed by atoms with E-state index in [1.807, 2.05) is 34.6 Å². The highest BCUT2D eigenvalue weighted by atomic mass is 16.2. The molecule has 0 rings (SSSR count). The number of carbonyl (C=O) groups excluding carboxylic acids is 1. The summed E-state index contributed by atoms with van der Waals surface area (Å²) in [5.41, 5.74) is -0.0620. The third-order valence-corrected chi connectivity index (χ3v) is 2.18. The molecular formula is C12H23N3O. The highest BCUT2D eigenvalue weighted by Crippen LogP contribution is 2.02. The number of nitrogens with one attached hydrogen (secondary N) is 1. The average molecular weight is 225 g/mol. The van der Waals surface area contributed by atoms with Gasteiger partial charge in [-0.05, 0) is 34.6 Å². The Balaban J connectivity index is 4.24. The second-order valence-electron chi connectivity index (χ2n) is 5.19. The molecule has 0 aromatic rings. The third-order valence-electron chi connectivity index (χ3n) is 2.18. The van der Waals surface area contributed by atoms with Crippen molar-refractivity contribution in [2.45, 2.75) is 52.6 Å². The van der Waals surface area contributed by atoms with Gasteiger partial charge in [0.1, 0.15) is 0 Å². The first-order valence-electron chi connectivity index (χ1n) is 5.69. The van der Waals surface area contributed by atoms with E-state index in [2.05, 4.69) is 11.4 Å². The molecule has 0 aromatic heterocycles. The molecule has 0 unspecified atom stereocenters. The van der Waals surface area contributed by atoms with Gasteiger partial charge in [0.15, 0.2) is 0 Å². The monoisotopic (exact) mass is 225 g/mol. The number of hydrogen-bond donors (Lipinski definition) is 1. The van der Waals surface area contributed by atoms with Crippen LogP contribution in [0.15, 0.2) is 0 Å². The molecule has 1 N–H and O–H groups in total. The molecule has 1 amide bonds. The maximum atomic E-state index is 11.9. The van der Waals surface area contributed by atoms with Gasteiger partial charge in [-0.1, -0.05) is 0 Å². The largest absolute Gasteiger partial charge is 0.338 e. The van der Waals surface area contributed by atoms with Crippen molar-refractivity contribution in [3.63, 3.8) is 0 Å². The van der Waals surface area contributed by atoms with Gasteiger partial charge in [0, 0.05) is 18.1 Å². The van der Waals surface area contributed by atoms with Crippen LogP contribution >= 0.6 is 0 Å². The first kappa shape index (κ1) is 14.9. The van der Waals surface area contributed by atoms with Gasteiger partial charge >= 0.3 is 0 Å². The summed E-state index contributed by atoms with van der Waals surface area (Å²) in [5, 5.41) is 11.7. The number of amides is 1. The number of nitriles is 1. The normalized spacial score (nSPS) is 11.3. The lowest BCUT2D eigenvalue weighted by Crippen LogP contribution is -2.47. The predicted octanol–water partition coefficient (Wildman–Crippen LogP) is 1.53. The van der Waals surface area contributed by atoms with Gasteiger partial charge in [-0.2, -0.15) is 5.26 Å². The second kappa shape index (κ2) is 6.49. The fraction of sp³-hybridized carbons (Fsp3) is 0.833. The maximum absolute atomic E-state index is 11.9. The third kappa shape index (κ3) is 6.41. The lowest BCUT2D eigenvalue weighted by molar-refractivity contribution is -0.132. The van der Waals surface area contributed by atoms with Gasteiger partial charge in [0.05, 0.1) is 19.0 Å². The average Bonchev–Trinajstić information content (AvgIpc) is 2.13. The first-order chi connectivity index (χ1) is 7.28. The summed E-state index contributed by atoms with van der Waals surface area (Å²) in [6, 6.07) is 2.21. The number of nitrogens with zero attached hydrogens (tertiary/aromatic N) is 2. The van der Waals surface area contributed by atoms with Crippen molar-refractivity contribution in [2.24, 2.45) is 0 Å². The highest BCUT2D eigenvalue weighted by Gasteiger charge is 2.18. The minimum absolute atomic E-state index is 0.0557. The van der Waals surface area contributed by atoms with Crippen LogP contribution in [-0.2, 0) is 4.79 Å². The fourth-order valence-corrected chi connectivity index (χ4v) is 1.28. The van der Waals surface area contributed by atoms with Crippen LogP contribution in [-0.4, -0.2) is 35.5 Å². The van der Waals surface area contributed by atoms with Gasteiger partial charge in [0.2, 0.25) is 5.91 Å². The summed E-state index contributed by atoms with van der Waals surface area (Å²) in [6.07, 6.45) is 0.388. The molecule has 4 heteroatoms. The SMILES string of the molecule is CC(C)N(CCC#N)C(=O)CNC(C)(C)C. The van der Waals surface area contributed by atoms with Crippen molar-refractivity contribution in [1.29, 1.82) is 5.26 Å². The van der Waals surface area contributed by atoms with Gasteiger partial charge in [-0.25, -0.2) is 0 Å². The van der Waals surface area contributed by atoms with Crippen molar-refractivity contribution in [3.05, 3.63) is 0 Å². The van der Waals surface area contributed by atoms with E-state index in [-0.39, 0.29) is 17.5 Å². The van der Waals surface area contributed by atoms with Crippen molar-refractivity contribution < 1.29 is 4.79 Å². The summed E-state index contributed by atoms with van der Waals surface area (Å²) in [6.45, 7) is 10.8. The molecule has 0 saturated heterocycles. The lowest BCUT2D eigenvalue weighted by Gasteiger charge is -2.28. The minimum Gasteiger partial charge on any atom is -0.338 e. The van der Waals surface area contributed by atoms with Crippen molar-refractivity contribution >= 4 is 5.91 Å². The van der Waals surface area contributed by atoms with Crippen molar-refractivity contribution in [1.82, 2.24) is 10.2 Å². The van der Waals surface area contributed by atoms with Gasteiger partial charge in [0.25, 0.3) is 0 Å². The van der Waals surface area contributed by atoms with E-state index >= 15 is 0 Å². The Kier molecular flexibility index (Phi) is 6.05. The van der Waals surface area contributed by atoms with Crippen LogP contribution in [0.25, 0.3) is 0 Å². The van der Waals surface area contributed by atoms with E-state index in [9.17, 15) is 4.79 Å². The van der Waals surface area contributed by atoms with Crippen LogP contribution in [0.4, 0.5) is 0 Å². The molecule has 0 aliphatic carbocycles. The van der Waals surface area contributed by atoms with E-state index in [1.165, 1.54) is 0 Å². The summed E-state index contributed by atoms with van der Waals surface area (Å²) in [4.78, 5) is 13.6. The maximum Gasteiger partial charge on any atom is 0.236 e. The van der Waals surface area contributed by atoms with Gasteiger partial charge < -0.3 is 10.2 Å². The van der Waals surface area contributed by atoms with Crippen molar-refractivity contribution in [3.8, 4) is 6.07 Å². The molecule has 0 spiro atoms. The molecular weight excluding hydrogens is 202 g/mol. The van der Waals surface area contributed by atoms with Crippen LogP contribution in [0.3, 0.4) is 0 Å². The topological polar surface area (TPSA) is 56.1 Å². The van der Waals surface area contributed by atoms with Crippen molar-refractivity contribution in [2.75, 3.05) is 13.1 Å². The summed E-state index contributed by atoms with van der Waals surface area (Å²) in [7, 11) is 0. The molecule has 0 fully saturated rings. The van der Waals surface area contributed by atoms with Gasteiger partial charge in [-0.3, -0.25) is 4.79 Å². The van der Waals surface area contributed by atoms with Crippen LogP contribution in [0.1, 0.15) is 41.0 Å². The Morgan fingerprint density at radius 3 is 2.38 bits per heavy atom. The molecule has 0 atom stereocenters. The van der Waals surface area contributed by atoms with E-state index < -0.39 is 0 Å². The first-order valence-corrected chi connectivity index (χ1v) is 5.69. The number of rotatable bonds is 5. The summed E-state index contributed by atoms with van der Waals surface area (Å²) >= 11 is 0. The molecule has 0 saturated carbocycles. The Bertz CT molecular complexity index is 260. The summed E-state index contributed by atoms with van der Waals surface area (Å²) in [5.74, 6) is 0.0557. The highest BCUT2D eigenvalue weighted by molar-refractivity contribution is 5.78. The quantitative estimate of drug-likeness (QED) is 0.772. The Hall–Kier alpha value is -1.08. The minimum atomic E-state index is -0.0620. The van der Waals surface area contributed by atoms with Gasteiger partial charge in [-0.15, -0.1) is 0 Å². The molecule has 0 heterocycles. The fourth-order valence-electron chi connectivity index (χ4n) is 1.28. The molecule has 4 nitrogen and oxygen atoms in total. The molecule has 0 bridgehead atoms. The molecule has 0 aliphatic heterocycles. The van der Waals surface area contributed by atoms with Crippen LogP contribution in [0, 0.1) is 11.3 Å². The smallest absolute Gasteiger partial charge is 0.236 e. The second-order valence-corrected chi connectivity index (χ2v) is 5.19. The number of carbonyl (C=O) groups is 1.